The lowest BCUT2D eigenvalue weighted by atomic mass is 10.1. The molecule has 0 radical (unpaired) electrons. The van der Waals surface area contributed by atoms with Gasteiger partial charge in [0.15, 0.2) is 0 Å². The zero-order valence-electron chi connectivity index (χ0n) is 18.9. The molecule has 0 fully saturated rings. The smallest absolute Gasteiger partial charge is 0.294 e. The van der Waals surface area contributed by atoms with Crippen molar-refractivity contribution in [1.29, 1.82) is 0 Å². The Labute approximate surface area is 188 Å². The molecule has 0 aromatic heterocycles. The van der Waals surface area contributed by atoms with Gasteiger partial charge in [0.25, 0.3) is 10.1 Å². The summed E-state index contributed by atoms with van der Waals surface area (Å²) in [5.74, 6) is 0. The van der Waals surface area contributed by atoms with E-state index in [0.717, 1.165) is 31.4 Å². The molecule has 0 saturated heterocycles. The molecule has 1 N–H and O–H groups in total. The summed E-state index contributed by atoms with van der Waals surface area (Å²) < 4.78 is 53.0. The van der Waals surface area contributed by atoms with Crippen molar-refractivity contribution in [3.8, 4) is 0 Å². The highest BCUT2D eigenvalue weighted by atomic mass is 32.2. The number of hydrogen-bond acceptors (Lipinski definition) is 6. The molecule has 0 unspecified atom stereocenters. The van der Waals surface area contributed by atoms with Gasteiger partial charge in [-0.05, 0) is 37.0 Å². The van der Waals surface area contributed by atoms with Gasteiger partial charge in [0, 0.05) is 13.2 Å². The second-order valence-electron chi connectivity index (χ2n) is 7.44. The normalized spacial score (nSPS) is 11.8. The molecular weight excluding hydrogens is 420 g/mol. The van der Waals surface area contributed by atoms with Crippen LogP contribution in [0.1, 0.15) is 57.4 Å². The fourth-order valence-corrected chi connectivity index (χ4v) is 3.43. The molecule has 7 nitrogen and oxygen atoms in total. The Bertz CT molecular complexity index is 632. The average molecular weight is 461 g/mol. The van der Waals surface area contributed by atoms with E-state index in [-0.39, 0.29) is 4.90 Å². The van der Waals surface area contributed by atoms with Gasteiger partial charge < -0.3 is 18.9 Å². The maximum absolute atomic E-state index is 11.0. The standard InChI is InChI=1S/C23H40O7S/c1-2-3-4-5-6-7-14-27-16-18-29-20-21-30-19-17-28-15-8-9-22-10-12-23(13-11-22)31(24,25)26/h10-13H,2-9,14-21H2,1H3,(H,24,25,26). The summed E-state index contributed by atoms with van der Waals surface area (Å²) >= 11 is 0. The Kier molecular flexibility index (Phi) is 16.7. The second-order valence-corrected chi connectivity index (χ2v) is 8.86. The number of unbranched alkanes of at least 4 members (excludes halogenated alkanes) is 5. The topological polar surface area (TPSA) is 91.3 Å². The van der Waals surface area contributed by atoms with Gasteiger partial charge in [-0.3, -0.25) is 4.55 Å². The van der Waals surface area contributed by atoms with E-state index in [4.69, 9.17) is 23.5 Å². The van der Waals surface area contributed by atoms with Crippen molar-refractivity contribution in [2.75, 3.05) is 52.9 Å². The molecule has 0 amide bonds. The van der Waals surface area contributed by atoms with Crippen molar-refractivity contribution in [1.82, 2.24) is 0 Å². The van der Waals surface area contributed by atoms with Gasteiger partial charge in [-0.2, -0.15) is 8.42 Å². The number of aryl methyl sites for hydroxylation is 1. The molecule has 0 aliphatic carbocycles. The molecular formula is C23H40O7S. The molecule has 0 heterocycles. The number of ether oxygens (including phenoxy) is 4. The van der Waals surface area contributed by atoms with Crippen molar-refractivity contribution < 1.29 is 31.9 Å². The van der Waals surface area contributed by atoms with E-state index in [2.05, 4.69) is 6.92 Å². The Morgan fingerprint density at radius 2 is 1.10 bits per heavy atom. The van der Waals surface area contributed by atoms with Crippen molar-refractivity contribution in [3.63, 3.8) is 0 Å². The van der Waals surface area contributed by atoms with E-state index in [1.807, 2.05) is 0 Å². The quantitative estimate of drug-likeness (QED) is 0.216. The Morgan fingerprint density at radius 1 is 0.645 bits per heavy atom. The van der Waals surface area contributed by atoms with Crippen molar-refractivity contribution in [2.24, 2.45) is 0 Å². The van der Waals surface area contributed by atoms with Crippen molar-refractivity contribution in [2.45, 2.75) is 63.2 Å². The first-order chi connectivity index (χ1) is 15.0. The van der Waals surface area contributed by atoms with E-state index >= 15 is 0 Å². The predicted octanol–water partition coefficient (Wildman–Crippen LogP) is 4.29. The van der Waals surface area contributed by atoms with Crippen molar-refractivity contribution >= 4 is 10.1 Å². The summed E-state index contributed by atoms with van der Waals surface area (Å²) in [6.45, 7) is 7.05. The lowest BCUT2D eigenvalue weighted by Gasteiger charge is -2.08. The third-order valence-corrected chi connectivity index (χ3v) is 5.60. The van der Waals surface area contributed by atoms with Crippen LogP contribution in [0, 0.1) is 0 Å². The molecule has 0 aliphatic heterocycles. The first-order valence-electron chi connectivity index (χ1n) is 11.4. The number of hydrogen-bond donors (Lipinski definition) is 1. The van der Waals surface area contributed by atoms with Crippen LogP contribution in [0.15, 0.2) is 29.2 Å². The second kappa shape index (κ2) is 18.5. The molecule has 0 aliphatic rings. The van der Waals surface area contributed by atoms with Gasteiger partial charge >= 0.3 is 0 Å². The maximum atomic E-state index is 11.0. The zero-order chi connectivity index (χ0) is 22.6. The SMILES string of the molecule is CCCCCCCCOCCOCCOCCOCCCc1ccc(S(=O)(=O)O)cc1. The summed E-state index contributed by atoms with van der Waals surface area (Å²) in [5.41, 5.74) is 1.00. The lowest BCUT2D eigenvalue weighted by Crippen LogP contribution is -2.12. The minimum atomic E-state index is -4.13. The third kappa shape index (κ3) is 16.3. The van der Waals surface area contributed by atoms with Crippen LogP contribution >= 0.6 is 0 Å². The molecule has 0 atom stereocenters. The Morgan fingerprint density at radius 3 is 1.61 bits per heavy atom. The molecule has 1 aromatic rings. The molecule has 31 heavy (non-hydrogen) atoms. The van der Waals surface area contributed by atoms with E-state index in [1.165, 1.54) is 44.2 Å². The molecule has 180 valence electrons. The van der Waals surface area contributed by atoms with Crippen LogP contribution < -0.4 is 0 Å². The van der Waals surface area contributed by atoms with Gasteiger partial charge in [-0.25, -0.2) is 0 Å². The summed E-state index contributed by atoms with van der Waals surface area (Å²) in [5, 5.41) is 0. The predicted molar refractivity (Wildman–Crippen MR) is 121 cm³/mol. The minimum Gasteiger partial charge on any atom is -0.379 e. The van der Waals surface area contributed by atoms with Crippen LogP contribution in [0.3, 0.4) is 0 Å². The van der Waals surface area contributed by atoms with Crippen LogP contribution in [0.2, 0.25) is 0 Å². The highest BCUT2D eigenvalue weighted by Gasteiger charge is 2.08. The first kappa shape index (κ1) is 28.0. The van der Waals surface area contributed by atoms with Crippen LogP contribution in [0.4, 0.5) is 0 Å². The Hall–Kier alpha value is -1.03. The third-order valence-electron chi connectivity index (χ3n) is 4.73. The number of benzene rings is 1. The Balaban J connectivity index is 1.80. The van der Waals surface area contributed by atoms with Crippen LogP contribution in [0.25, 0.3) is 0 Å². The van der Waals surface area contributed by atoms with E-state index < -0.39 is 10.1 Å². The van der Waals surface area contributed by atoms with E-state index in [9.17, 15) is 8.42 Å². The molecule has 1 rings (SSSR count). The average Bonchev–Trinajstić information content (AvgIpc) is 2.75. The van der Waals surface area contributed by atoms with Gasteiger partial charge in [-0.1, -0.05) is 51.2 Å². The summed E-state index contributed by atoms with van der Waals surface area (Å²) in [4.78, 5) is -0.0886. The monoisotopic (exact) mass is 460 g/mol. The van der Waals surface area contributed by atoms with Crippen LogP contribution in [-0.2, 0) is 35.5 Å². The fraction of sp³-hybridized carbons (Fsp3) is 0.739. The number of rotatable bonds is 21. The van der Waals surface area contributed by atoms with E-state index in [0.29, 0.717) is 46.2 Å². The van der Waals surface area contributed by atoms with Gasteiger partial charge in [0.1, 0.15) is 0 Å². The van der Waals surface area contributed by atoms with Gasteiger partial charge in [0.05, 0.1) is 44.5 Å². The lowest BCUT2D eigenvalue weighted by molar-refractivity contribution is -0.00232. The van der Waals surface area contributed by atoms with Crippen molar-refractivity contribution in [3.05, 3.63) is 29.8 Å². The van der Waals surface area contributed by atoms with Crippen LogP contribution in [0.5, 0.6) is 0 Å². The van der Waals surface area contributed by atoms with Crippen LogP contribution in [-0.4, -0.2) is 65.8 Å². The molecule has 8 heteroatoms. The molecule has 0 spiro atoms. The largest absolute Gasteiger partial charge is 0.379 e. The minimum absolute atomic E-state index is 0.0886. The van der Waals surface area contributed by atoms with Gasteiger partial charge in [-0.15, -0.1) is 0 Å². The van der Waals surface area contributed by atoms with E-state index in [1.54, 1.807) is 12.1 Å². The highest BCUT2D eigenvalue weighted by molar-refractivity contribution is 7.85. The molecule has 0 saturated carbocycles. The maximum Gasteiger partial charge on any atom is 0.294 e. The summed E-state index contributed by atoms with van der Waals surface area (Å²) in [6, 6.07) is 6.21. The first-order valence-corrected chi connectivity index (χ1v) is 12.9. The highest BCUT2D eigenvalue weighted by Crippen LogP contribution is 2.11. The molecule has 1 aromatic carbocycles. The molecule has 0 bridgehead atoms. The summed E-state index contributed by atoms with van der Waals surface area (Å²) in [7, 11) is -4.13. The van der Waals surface area contributed by atoms with Gasteiger partial charge in [0.2, 0.25) is 0 Å². The zero-order valence-corrected chi connectivity index (χ0v) is 19.7. The fourth-order valence-electron chi connectivity index (χ4n) is 2.95. The summed E-state index contributed by atoms with van der Waals surface area (Å²) in [6.07, 6.45) is 9.25.